The van der Waals surface area contributed by atoms with Gasteiger partial charge in [0.2, 0.25) is 11.8 Å². The maximum Gasteiger partial charge on any atom is 0.241 e. The maximum absolute atomic E-state index is 12.3. The summed E-state index contributed by atoms with van der Waals surface area (Å²) in [5, 5.41) is 5.72. The van der Waals surface area contributed by atoms with Gasteiger partial charge in [0.15, 0.2) is 0 Å². The summed E-state index contributed by atoms with van der Waals surface area (Å²) in [5.74, 6) is 0.861. The molecule has 18 heavy (non-hydrogen) atoms. The van der Waals surface area contributed by atoms with E-state index in [0.29, 0.717) is 12.6 Å². The Bertz CT molecular complexity index is 314. The van der Waals surface area contributed by atoms with E-state index in [2.05, 4.69) is 17.6 Å². The molecule has 0 aromatic carbocycles. The van der Waals surface area contributed by atoms with Crippen molar-refractivity contribution in [3.05, 3.63) is 0 Å². The van der Waals surface area contributed by atoms with E-state index < -0.39 is 0 Å². The second-order valence-electron chi connectivity index (χ2n) is 5.60. The third kappa shape index (κ3) is 3.02. The SMILES string of the molecule is CC1CCC(N(C)C(=O)C2CNC(=O)CN2)CC1. The monoisotopic (exact) mass is 253 g/mol. The molecule has 1 saturated carbocycles. The van der Waals surface area contributed by atoms with E-state index in [1.807, 2.05) is 11.9 Å². The number of nitrogens with zero attached hydrogens (tertiary/aromatic N) is 1. The Morgan fingerprint density at radius 3 is 2.50 bits per heavy atom. The fourth-order valence-corrected chi connectivity index (χ4v) is 2.80. The van der Waals surface area contributed by atoms with Gasteiger partial charge in [-0.25, -0.2) is 0 Å². The number of carbonyl (C=O) groups is 2. The van der Waals surface area contributed by atoms with Crippen LogP contribution in [-0.4, -0.2) is 48.9 Å². The molecule has 2 amide bonds. The van der Waals surface area contributed by atoms with E-state index in [4.69, 9.17) is 0 Å². The van der Waals surface area contributed by atoms with Crippen LogP contribution in [0.5, 0.6) is 0 Å². The zero-order valence-corrected chi connectivity index (χ0v) is 11.2. The van der Waals surface area contributed by atoms with Crippen LogP contribution in [0.4, 0.5) is 0 Å². The highest BCUT2D eigenvalue weighted by molar-refractivity contribution is 5.86. The Kier molecular flexibility index (Phi) is 4.22. The van der Waals surface area contributed by atoms with Crippen molar-refractivity contribution in [3.8, 4) is 0 Å². The maximum atomic E-state index is 12.3. The van der Waals surface area contributed by atoms with Crippen LogP contribution in [0.25, 0.3) is 0 Å². The van der Waals surface area contributed by atoms with Crippen LogP contribution in [0.15, 0.2) is 0 Å². The highest BCUT2D eigenvalue weighted by Crippen LogP contribution is 2.26. The van der Waals surface area contributed by atoms with Gasteiger partial charge in [-0.15, -0.1) is 0 Å². The molecule has 2 N–H and O–H groups in total. The molecule has 5 heteroatoms. The predicted octanol–water partition coefficient (Wildman–Crippen LogP) is 0.112. The highest BCUT2D eigenvalue weighted by atomic mass is 16.2. The Morgan fingerprint density at radius 1 is 1.28 bits per heavy atom. The lowest BCUT2D eigenvalue weighted by Crippen LogP contribution is -2.59. The first-order valence-electron chi connectivity index (χ1n) is 6.84. The molecule has 0 aromatic rings. The molecular formula is C13H23N3O2. The van der Waals surface area contributed by atoms with Crippen LogP contribution in [-0.2, 0) is 9.59 Å². The van der Waals surface area contributed by atoms with Crippen molar-refractivity contribution in [1.29, 1.82) is 0 Å². The minimum absolute atomic E-state index is 0.0341. The molecule has 102 valence electrons. The van der Waals surface area contributed by atoms with E-state index in [1.165, 1.54) is 12.8 Å². The minimum atomic E-state index is -0.257. The number of amides is 2. The van der Waals surface area contributed by atoms with Crippen molar-refractivity contribution in [2.24, 2.45) is 5.92 Å². The van der Waals surface area contributed by atoms with E-state index in [0.717, 1.165) is 18.8 Å². The quantitative estimate of drug-likeness (QED) is 0.734. The number of nitrogens with one attached hydrogen (secondary N) is 2. The number of carbonyl (C=O) groups excluding carboxylic acids is 2. The molecule has 1 aliphatic heterocycles. The molecular weight excluding hydrogens is 230 g/mol. The number of hydrogen-bond acceptors (Lipinski definition) is 3. The van der Waals surface area contributed by atoms with Crippen molar-refractivity contribution < 1.29 is 9.59 Å². The number of likely N-dealkylation sites (N-methyl/N-ethyl adjacent to an activating group) is 1. The standard InChI is InChI=1S/C13H23N3O2/c1-9-3-5-10(6-4-9)16(2)13(18)11-7-15-12(17)8-14-11/h9-11,14H,3-8H2,1-2H3,(H,15,17). The fraction of sp³-hybridized carbons (Fsp3) is 0.846. The molecule has 5 nitrogen and oxygen atoms in total. The lowest BCUT2D eigenvalue weighted by Gasteiger charge is -2.36. The van der Waals surface area contributed by atoms with E-state index in [1.54, 1.807) is 0 Å². The van der Waals surface area contributed by atoms with Gasteiger partial charge in [-0.1, -0.05) is 6.92 Å². The number of hydrogen-bond donors (Lipinski definition) is 2. The first-order valence-corrected chi connectivity index (χ1v) is 6.84. The first-order chi connectivity index (χ1) is 8.58. The topological polar surface area (TPSA) is 61.4 Å². The molecule has 0 bridgehead atoms. The van der Waals surface area contributed by atoms with Crippen LogP contribution in [0.2, 0.25) is 0 Å². The normalized spacial score (nSPS) is 32.8. The third-order valence-electron chi connectivity index (χ3n) is 4.19. The smallest absolute Gasteiger partial charge is 0.241 e. The van der Waals surface area contributed by atoms with Crippen molar-refractivity contribution in [3.63, 3.8) is 0 Å². The van der Waals surface area contributed by atoms with Crippen molar-refractivity contribution in [2.75, 3.05) is 20.1 Å². The van der Waals surface area contributed by atoms with Crippen molar-refractivity contribution in [1.82, 2.24) is 15.5 Å². The highest BCUT2D eigenvalue weighted by Gasteiger charge is 2.31. The molecule has 2 aliphatic rings. The molecule has 1 aliphatic carbocycles. The molecule has 1 heterocycles. The van der Waals surface area contributed by atoms with E-state index >= 15 is 0 Å². The Hall–Kier alpha value is -1.10. The Morgan fingerprint density at radius 2 is 1.94 bits per heavy atom. The molecule has 1 atom stereocenters. The average Bonchev–Trinajstić information content (AvgIpc) is 2.39. The summed E-state index contributed by atoms with van der Waals surface area (Å²) in [6.07, 6.45) is 4.61. The van der Waals surface area contributed by atoms with Crippen LogP contribution in [0.3, 0.4) is 0 Å². The lowest BCUT2D eigenvalue weighted by molar-refractivity contribution is -0.136. The fourth-order valence-electron chi connectivity index (χ4n) is 2.80. The van der Waals surface area contributed by atoms with Crippen LogP contribution in [0, 0.1) is 5.92 Å². The predicted molar refractivity (Wildman–Crippen MR) is 69.0 cm³/mol. The largest absolute Gasteiger partial charge is 0.353 e. The summed E-state index contributed by atoms with van der Waals surface area (Å²) in [7, 11) is 1.89. The van der Waals surface area contributed by atoms with Gasteiger partial charge in [-0.3, -0.25) is 14.9 Å². The summed E-state index contributed by atoms with van der Waals surface area (Å²) in [6.45, 7) is 2.92. The summed E-state index contributed by atoms with van der Waals surface area (Å²) < 4.78 is 0. The van der Waals surface area contributed by atoms with Crippen molar-refractivity contribution >= 4 is 11.8 Å². The molecule has 2 rings (SSSR count). The van der Waals surface area contributed by atoms with Gasteiger partial charge in [0.1, 0.15) is 6.04 Å². The summed E-state index contributed by atoms with van der Waals surface area (Å²) >= 11 is 0. The third-order valence-corrected chi connectivity index (χ3v) is 4.19. The lowest BCUT2D eigenvalue weighted by atomic mass is 9.86. The van der Waals surface area contributed by atoms with Crippen molar-refractivity contribution in [2.45, 2.75) is 44.7 Å². The molecule has 1 unspecified atom stereocenters. The number of rotatable bonds is 2. The van der Waals surface area contributed by atoms with E-state index in [9.17, 15) is 9.59 Å². The van der Waals surface area contributed by atoms with Gasteiger partial charge in [-0.05, 0) is 31.6 Å². The van der Waals surface area contributed by atoms with Crippen LogP contribution >= 0.6 is 0 Å². The Labute approximate surface area is 108 Å². The van der Waals surface area contributed by atoms with Crippen LogP contribution < -0.4 is 10.6 Å². The molecule has 2 fully saturated rings. The second-order valence-corrected chi connectivity index (χ2v) is 5.60. The molecule has 0 aromatic heterocycles. The summed E-state index contributed by atoms with van der Waals surface area (Å²) in [5.41, 5.74) is 0. The Balaban J connectivity index is 1.86. The van der Waals surface area contributed by atoms with Gasteiger partial charge in [0, 0.05) is 19.6 Å². The molecule has 0 radical (unpaired) electrons. The average molecular weight is 253 g/mol. The van der Waals surface area contributed by atoms with Gasteiger partial charge >= 0.3 is 0 Å². The number of piperazine rings is 1. The van der Waals surface area contributed by atoms with Gasteiger partial charge < -0.3 is 10.2 Å². The zero-order valence-electron chi connectivity index (χ0n) is 11.2. The van der Waals surface area contributed by atoms with Crippen LogP contribution in [0.1, 0.15) is 32.6 Å². The molecule has 0 spiro atoms. The van der Waals surface area contributed by atoms with E-state index in [-0.39, 0.29) is 24.4 Å². The van der Waals surface area contributed by atoms with Gasteiger partial charge in [0.25, 0.3) is 0 Å². The second kappa shape index (κ2) is 5.69. The zero-order chi connectivity index (χ0) is 13.1. The summed E-state index contributed by atoms with van der Waals surface area (Å²) in [4.78, 5) is 25.2. The first kappa shape index (κ1) is 13.3. The summed E-state index contributed by atoms with van der Waals surface area (Å²) in [6, 6.07) is 0.111. The van der Waals surface area contributed by atoms with Gasteiger partial charge in [0.05, 0.1) is 6.54 Å². The minimum Gasteiger partial charge on any atom is -0.353 e. The molecule has 1 saturated heterocycles. The van der Waals surface area contributed by atoms with Gasteiger partial charge in [-0.2, -0.15) is 0 Å².